The lowest BCUT2D eigenvalue weighted by atomic mass is 10.1. The summed E-state index contributed by atoms with van der Waals surface area (Å²) < 4.78 is 5.37. The van der Waals surface area contributed by atoms with E-state index >= 15 is 0 Å². The van der Waals surface area contributed by atoms with Gasteiger partial charge in [0.1, 0.15) is 0 Å². The van der Waals surface area contributed by atoms with Crippen molar-refractivity contribution in [3.63, 3.8) is 0 Å². The number of furan rings is 1. The van der Waals surface area contributed by atoms with Crippen molar-refractivity contribution in [2.75, 3.05) is 0 Å². The van der Waals surface area contributed by atoms with Crippen molar-refractivity contribution < 1.29 is 9.21 Å². The Morgan fingerprint density at radius 3 is 2.17 bits per heavy atom. The van der Waals surface area contributed by atoms with Gasteiger partial charge in [-0.15, -0.1) is 0 Å². The van der Waals surface area contributed by atoms with Crippen LogP contribution in [0.3, 0.4) is 0 Å². The van der Waals surface area contributed by atoms with Crippen LogP contribution in [-0.2, 0) is 0 Å². The van der Waals surface area contributed by atoms with Gasteiger partial charge in [0.25, 0.3) is 0 Å². The van der Waals surface area contributed by atoms with Crippen LogP contribution in [0.4, 0.5) is 0 Å². The van der Waals surface area contributed by atoms with Crippen LogP contribution in [0, 0.1) is 0 Å². The first-order valence-electron chi connectivity index (χ1n) is 6.07. The maximum absolute atomic E-state index is 11.3. The molecule has 0 aliphatic carbocycles. The van der Waals surface area contributed by atoms with Crippen LogP contribution in [0.1, 0.15) is 17.3 Å². The number of benzene rings is 1. The lowest BCUT2D eigenvalue weighted by molar-refractivity contribution is 0.101. The fraction of sp³-hybridized carbons (Fsp3) is 0.267. The predicted octanol–water partition coefficient (Wildman–Crippen LogP) is 3.69. The summed E-state index contributed by atoms with van der Waals surface area (Å²) in [6, 6.07) is 7.73. The van der Waals surface area contributed by atoms with Crippen LogP contribution in [0.5, 0.6) is 0 Å². The van der Waals surface area contributed by atoms with Gasteiger partial charge in [0, 0.05) is 11.1 Å². The van der Waals surface area contributed by atoms with E-state index < -0.39 is 8.07 Å². The number of hydrogen-bond donors (Lipinski definition) is 0. The topological polar surface area (TPSA) is 30.2 Å². The van der Waals surface area contributed by atoms with Crippen molar-refractivity contribution in [2.24, 2.45) is 0 Å². The van der Waals surface area contributed by atoms with Gasteiger partial charge < -0.3 is 4.42 Å². The Kier molecular flexibility index (Phi) is 3.26. The highest BCUT2D eigenvalue weighted by molar-refractivity contribution is 6.89. The summed E-state index contributed by atoms with van der Waals surface area (Å²) in [5, 5.41) is 1.32. The van der Waals surface area contributed by atoms with Gasteiger partial charge in [-0.2, -0.15) is 0 Å². The Bertz CT molecular complexity index is 559. The van der Waals surface area contributed by atoms with Crippen LogP contribution in [0.2, 0.25) is 19.6 Å². The summed E-state index contributed by atoms with van der Waals surface area (Å²) >= 11 is 0. The molecule has 0 radical (unpaired) electrons. The molecule has 0 atom stereocenters. The maximum Gasteiger partial charge on any atom is 0.159 e. The van der Waals surface area contributed by atoms with Crippen LogP contribution in [0.15, 0.2) is 41.2 Å². The van der Waals surface area contributed by atoms with Gasteiger partial charge in [-0.1, -0.05) is 43.9 Å². The molecule has 0 fully saturated rings. The first-order chi connectivity index (χ1) is 8.39. The molecular weight excluding hydrogens is 240 g/mol. The second-order valence-electron chi connectivity index (χ2n) is 5.58. The summed E-state index contributed by atoms with van der Waals surface area (Å²) in [7, 11) is -1.40. The van der Waals surface area contributed by atoms with Crippen LogP contribution >= 0.6 is 0 Å². The lowest BCUT2D eigenvalue weighted by Gasteiger charge is -2.16. The quantitative estimate of drug-likeness (QED) is 0.621. The van der Waals surface area contributed by atoms with Gasteiger partial charge in [-0.05, 0) is 17.7 Å². The first-order valence-corrected chi connectivity index (χ1v) is 9.57. The number of carbonyl (C=O) groups is 1. The standard InChI is InChI=1S/C15H18O2Si/c1-11(16)12-5-7-13(8-6-12)14-9-17-10-15(14)18(2,3)4/h5-10H,1-4H3. The zero-order valence-electron chi connectivity index (χ0n) is 11.3. The summed E-state index contributed by atoms with van der Waals surface area (Å²) in [5.74, 6) is 0.0964. The average Bonchev–Trinajstić information content (AvgIpc) is 2.77. The predicted molar refractivity (Wildman–Crippen MR) is 77.1 cm³/mol. The molecule has 2 aromatic rings. The maximum atomic E-state index is 11.3. The minimum atomic E-state index is -1.40. The van der Waals surface area contributed by atoms with E-state index in [-0.39, 0.29) is 5.78 Å². The molecule has 0 bridgehead atoms. The molecule has 0 saturated carbocycles. The fourth-order valence-corrected chi connectivity index (χ4v) is 3.42. The van der Waals surface area contributed by atoms with Crippen LogP contribution in [0.25, 0.3) is 11.1 Å². The van der Waals surface area contributed by atoms with E-state index in [0.29, 0.717) is 0 Å². The Balaban J connectivity index is 2.44. The van der Waals surface area contributed by atoms with E-state index in [4.69, 9.17) is 4.42 Å². The second kappa shape index (κ2) is 4.57. The van der Waals surface area contributed by atoms with Crippen molar-refractivity contribution in [3.05, 3.63) is 42.4 Å². The summed E-state index contributed by atoms with van der Waals surface area (Å²) in [5.41, 5.74) is 3.02. The molecule has 0 saturated heterocycles. The van der Waals surface area contributed by atoms with Gasteiger partial charge in [0.05, 0.1) is 20.6 Å². The van der Waals surface area contributed by atoms with E-state index in [1.807, 2.05) is 30.5 Å². The van der Waals surface area contributed by atoms with Gasteiger partial charge >= 0.3 is 0 Å². The van der Waals surface area contributed by atoms with Crippen molar-refractivity contribution >= 4 is 19.0 Å². The monoisotopic (exact) mass is 258 g/mol. The number of rotatable bonds is 3. The molecule has 3 heteroatoms. The molecule has 0 N–H and O–H groups in total. The number of hydrogen-bond acceptors (Lipinski definition) is 2. The second-order valence-corrected chi connectivity index (χ2v) is 10.6. The van der Waals surface area contributed by atoms with Gasteiger partial charge in [-0.3, -0.25) is 4.79 Å². The Morgan fingerprint density at radius 2 is 1.67 bits per heavy atom. The summed E-state index contributed by atoms with van der Waals surface area (Å²) in [4.78, 5) is 11.3. The zero-order chi connectivity index (χ0) is 13.3. The van der Waals surface area contributed by atoms with Crippen molar-refractivity contribution in [3.8, 4) is 11.1 Å². The number of carbonyl (C=O) groups excluding carboxylic acids is 1. The molecule has 94 valence electrons. The van der Waals surface area contributed by atoms with Crippen LogP contribution in [-0.4, -0.2) is 13.9 Å². The third kappa shape index (κ3) is 2.46. The molecule has 0 aliphatic rings. The highest BCUT2D eigenvalue weighted by Crippen LogP contribution is 2.22. The largest absolute Gasteiger partial charge is 0.472 e. The van der Waals surface area contributed by atoms with Crippen molar-refractivity contribution in [1.82, 2.24) is 0 Å². The molecule has 2 rings (SSSR count). The molecule has 0 unspecified atom stereocenters. The minimum absolute atomic E-state index is 0.0964. The lowest BCUT2D eigenvalue weighted by Crippen LogP contribution is -2.37. The molecule has 2 nitrogen and oxygen atoms in total. The SMILES string of the molecule is CC(=O)c1ccc(-c2cocc2[Si](C)(C)C)cc1. The number of ketones is 1. The number of Topliss-reactive ketones (excluding diaryl/α,β-unsaturated/α-hetero) is 1. The van der Waals surface area contributed by atoms with E-state index in [1.54, 1.807) is 13.2 Å². The van der Waals surface area contributed by atoms with E-state index in [2.05, 4.69) is 19.6 Å². The molecule has 0 amide bonds. The highest BCUT2D eigenvalue weighted by atomic mass is 28.3. The Hall–Kier alpha value is -1.61. The van der Waals surface area contributed by atoms with Gasteiger partial charge in [0.2, 0.25) is 0 Å². The third-order valence-electron chi connectivity index (χ3n) is 3.07. The Labute approximate surface area is 109 Å². The Morgan fingerprint density at radius 1 is 1.06 bits per heavy atom. The third-order valence-corrected chi connectivity index (χ3v) is 5.08. The van der Waals surface area contributed by atoms with Gasteiger partial charge in [0.15, 0.2) is 5.78 Å². The molecule has 1 aromatic carbocycles. The zero-order valence-corrected chi connectivity index (χ0v) is 12.3. The van der Waals surface area contributed by atoms with Crippen LogP contribution < -0.4 is 5.19 Å². The smallest absolute Gasteiger partial charge is 0.159 e. The van der Waals surface area contributed by atoms with E-state index in [9.17, 15) is 4.79 Å². The molecule has 1 aromatic heterocycles. The van der Waals surface area contributed by atoms with Crippen molar-refractivity contribution in [1.29, 1.82) is 0 Å². The fourth-order valence-electron chi connectivity index (χ4n) is 1.99. The molecule has 0 spiro atoms. The van der Waals surface area contributed by atoms with E-state index in [0.717, 1.165) is 16.7 Å². The summed E-state index contributed by atoms with van der Waals surface area (Å²) in [6.45, 7) is 8.47. The minimum Gasteiger partial charge on any atom is -0.472 e. The van der Waals surface area contributed by atoms with E-state index in [1.165, 1.54) is 5.19 Å². The summed E-state index contributed by atoms with van der Waals surface area (Å²) in [6.07, 6.45) is 3.66. The van der Waals surface area contributed by atoms with Gasteiger partial charge in [-0.25, -0.2) is 0 Å². The normalized spacial score (nSPS) is 11.6. The average molecular weight is 258 g/mol. The molecule has 0 aliphatic heterocycles. The first kappa shape index (κ1) is 12.8. The molecular formula is C15H18O2Si. The highest BCUT2D eigenvalue weighted by Gasteiger charge is 2.22. The van der Waals surface area contributed by atoms with Crippen molar-refractivity contribution in [2.45, 2.75) is 26.6 Å². The molecule has 1 heterocycles. The molecule has 18 heavy (non-hydrogen) atoms.